The Bertz CT molecular complexity index is 1280. The van der Waals surface area contributed by atoms with E-state index in [1.807, 2.05) is 13.8 Å². The van der Waals surface area contributed by atoms with E-state index in [0.29, 0.717) is 6.04 Å². The molecule has 7 rings (SSSR count). The summed E-state index contributed by atoms with van der Waals surface area (Å²) in [6, 6.07) is 13.7. The summed E-state index contributed by atoms with van der Waals surface area (Å²) in [5.41, 5.74) is 9.20. The monoisotopic (exact) mass is 441 g/mol. The number of benzene rings is 2. The van der Waals surface area contributed by atoms with Crippen molar-refractivity contribution in [3.63, 3.8) is 0 Å². The normalized spacial score (nSPS) is 30.6. The number of hydrogen-bond donors (Lipinski definition) is 1. The summed E-state index contributed by atoms with van der Waals surface area (Å²) < 4.78 is 6.98. The second kappa shape index (κ2) is 6.96. The number of likely N-dealkylation sites (tertiary alicyclic amines) is 1. The van der Waals surface area contributed by atoms with Crippen LogP contribution in [0, 0.1) is 12.3 Å². The number of aryl methyl sites for hydroxylation is 1. The molecule has 4 atom stereocenters. The van der Waals surface area contributed by atoms with Gasteiger partial charge in [-0.25, -0.2) is 4.98 Å². The first-order valence-corrected chi connectivity index (χ1v) is 12.6. The summed E-state index contributed by atoms with van der Waals surface area (Å²) in [6.07, 6.45) is 3.27. The SMILES string of the molecule is CC.CNc1c2c(nc3ccccc13)[C@@H]1Oc3c(C)ccc4c3[C@@]13CCN(C)[C@H](C4)[C@]3(C)C2. The average Bonchev–Trinajstić information content (AvgIpc) is 3.19. The Labute approximate surface area is 197 Å². The van der Waals surface area contributed by atoms with Crippen LogP contribution in [-0.2, 0) is 18.3 Å². The lowest BCUT2D eigenvalue weighted by Gasteiger charge is -2.64. The van der Waals surface area contributed by atoms with E-state index in [0.717, 1.165) is 42.8 Å². The van der Waals surface area contributed by atoms with Crippen LogP contribution in [0.3, 0.4) is 0 Å². The molecule has 2 bridgehead atoms. The van der Waals surface area contributed by atoms with Crippen molar-refractivity contribution in [3.8, 4) is 5.75 Å². The number of hydrogen-bond acceptors (Lipinski definition) is 4. The molecule has 0 saturated carbocycles. The van der Waals surface area contributed by atoms with Gasteiger partial charge >= 0.3 is 0 Å². The lowest BCUT2D eigenvalue weighted by molar-refractivity contribution is -0.0908. The maximum Gasteiger partial charge on any atom is 0.151 e. The van der Waals surface area contributed by atoms with E-state index < -0.39 is 0 Å². The molecular formula is C29H35N3O. The van der Waals surface area contributed by atoms with Crippen molar-refractivity contribution in [2.24, 2.45) is 5.41 Å². The minimum absolute atomic E-state index is 0.00653. The van der Waals surface area contributed by atoms with E-state index in [2.05, 4.69) is 74.6 Å². The Hall–Kier alpha value is -2.59. The molecule has 3 heterocycles. The maximum atomic E-state index is 6.98. The summed E-state index contributed by atoms with van der Waals surface area (Å²) >= 11 is 0. The Morgan fingerprint density at radius 1 is 1.15 bits per heavy atom. The van der Waals surface area contributed by atoms with E-state index in [1.165, 1.54) is 33.3 Å². The first-order valence-electron chi connectivity index (χ1n) is 12.6. The molecule has 2 aliphatic carbocycles. The summed E-state index contributed by atoms with van der Waals surface area (Å²) in [7, 11) is 4.37. The summed E-state index contributed by atoms with van der Waals surface area (Å²) in [6.45, 7) is 9.87. The van der Waals surface area contributed by atoms with Gasteiger partial charge in [-0.15, -0.1) is 0 Å². The van der Waals surface area contributed by atoms with Crippen LogP contribution in [0.25, 0.3) is 10.9 Å². The number of piperidine rings is 1. The number of aromatic nitrogens is 1. The number of pyridine rings is 1. The lowest BCUT2D eigenvalue weighted by Crippen LogP contribution is -2.68. The molecule has 0 amide bonds. The highest BCUT2D eigenvalue weighted by Gasteiger charge is 2.70. The second-order valence-electron chi connectivity index (χ2n) is 10.4. The minimum atomic E-state index is -0.00990. The van der Waals surface area contributed by atoms with Gasteiger partial charge in [0, 0.05) is 40.7 Å². The first kappa shape index (κ1) is 21.0. The smallest absolute Gasteiger partial charge is 0.151 e. The second-order valence-corrected chi connectivity index (χ2v) is 10.4. The first-order chi connectivity index (χ1) is 16.0. The number of likely N-dealkylation sites (N-methyl/N-ethyl adjacent to an activating group) is 1. The predicted octanol–water partition coefficient (Wildman–Crippen LogP) is 5.81. The van der Waals surface area contributed by atoms with Crippen molar-refractivity contribution in [1.82, 2.24) is 9.88 Å². The molecule has 33 heavy (non-hydrogen) atoms. The molecule has 1 fully saturated rings. The van der Waals surface area contributed by atoms with E-state index in [9.17, 15) is 0 Å². The van der Waals surface area contributed by atoms with Gasteiger partial charge in [0.1, 0.15) is 5.75 Å². The quantitative estimate of drug-likeness (QED) is 0.517. The zero-order chi connectivity index (χ0) is 23.1. The maximum absolute atomic E-state index is 6.98. The van der Waals surface area contributed by atoms with Gasteiger partial charge in [-0.1, -0.05) is 51.1 Å². The fourth-order valence-corrected chi connectivity index (χ4v) is 7.78. The molecule has 4 nitrogen and oxygen atoms in total. The molecule has 0 unspecified atom stereocenters. The number of ether oxygens (including phenoxy) is 1. The van der Waals surface area contributed by atoms with Crippen molar-refractivity contribution in [1.29, 1.82) is 0 Å². The van der Waals surface area contributed by atoms with Gasteiger partial charge < -0.3 is 15.0 Å². The molecule has 4 aliphatic rings. The molecule has 172 valence electrons. The Morgan fingerprint density at radius 2 is 1.94 bits per heavy atom. The molecule has 1 aromatic heterocycles. The van der Waals surface area contributed by atoms with Crippen molar-refractivity contribution in [2.75, 3.05) is 26.0 Å². The van der Waals surface area contributed by atoms with Gasteiger partial charge in [0.2, 0.25) is 0 Å². The number of anilines is 1. The van der Waals surface area contributed by atoms with E-state index >= 15 is 0 Å². The zero-order valence-corrected chi connectivity index (χ0v) is 20.7. The molecule has 2 aliphatic heterocycles. The van der Waals surface area contributed by atoms with Crippen molar-refractivity contribution in [2.45, 2.75) is 64.5 Å². The van der Waals surface area contributed by atoms with Crippen LogP contribution < -0.4 is 10.1 Å². The van der Waals surface area contributed by atoms with Crippen LogP contribution in [0.15, 0.2) is 36.4 Å². The third kappa shape index (κ3) is 2.33. The molecule has 1 spiro atoms. The molecular weight excluding hydrogens is 406 g/mol. The molecule has 1 N–H and O–H groups in total. The van der Waals surface area contributed by atoms with E-state index in [-0.39, 0.29) is 16.9 Å². The van der Waals surface area contributed by atoms with Gasteiger partial charge in [0.15, 0.2) is 6.10 Å². The van der Waals surface area contributed by atoms with Gasteiger partial charge in [-0.2, -0.15) is 0 Å². The highest BCUT2D eigenvalue weighted by molar-refractivity contribution is 5.94. The van der Waals surface area contributed by atoms with Crippen LogP contribution in [0.4, 0.5) is 5.69 Å². The number of para-hydroxylation sites is 1. The molecule has 1 saturated heterocycles. The Balaban J connectivity index is 0.00000101. The fourth-order valence-electron chi connectivity index (χ4n) is 7.78. The highest BCUT2D eigenvalue weighted by Crippen LogP contribution is 2.71. The predicted molar refractivity (Wildman–Crippen MR) is 135 cm³/mol. The average molecular weight is 442 g/mol. The van der Waals surface area contributed by atoms with Crippen LogP contribution in [0.1, 0.15) is 61.2 Å². The summed E-state index contributed by atoms with van der Waals surface area (Å²) in [5, 5.41) is 4.77. The van der Waals surface area contributed by atoms with Crippen LogP contribution in [0.5, 0.6) is 5.75 Å². The topological polar surface area (TPSA) is 37.4 Å². The number of rotatable bonds is 1. The Morgan fingerprint density at radius 3 is 2.73 bits per heavy atom. The van der Waals surface area contributed by atoms with Gasteiger partial charge in [-0.3, -0.25) is 0 Å². The van der Waals surface area contributed by atoms with Crippen LogP contribution >= 0.6 is 0 Å². The van der Waals surface area contributed by atoms with Crippen LogP contribution in [-0.4, -0.2) is 36.6 Å². The van der Waals surface area contributed by atoms with Gasteiger partial charge in [-0.05, 0) is 57.0 Å². The molecule has 2 aromatic carbocycles. The number of fused-ring (bicyclic) bond motifs is 3. The van der Waals surface area contributed by atoms with Crippen molar-refractivity contribution < 1.29 is 4.74 Å². The molecule has 4 heteroatoms. The minimum Gasteiger partial charge on any atom is -0.483 e. The van der Waals surface area contributed by atoms with E-state index in [4.69, 9.17) is 9.72 Å². The third-order valence-corrected chi connectivity index (χ3v) is 9.20. The standard InChI is InChI=1S/C27H29N3O.C2H6/c1-15-9-10-16-13-20-26(2)14-18-22(28-3)17-7-5-6-8-19(17)29-23(18)25-27(26,11-12-30(20)4)21(16)24(15)31-25;1-2/h5-10,20,25H,11-14H2,1-4H3,(H,28,29);1-2H3/t20-,25+,26+,27+;/m1./s1. The zero-order valence-electron chi connectivity index (χ0n) is 20.7. The third-order valence-electron chi connectivity index (χ3n) is 9.20. The van der Waals surface area contributed by atoms with Crippen LogP contribution in [0.2, 0.25) is 0 Å². The number of nitrogens with zero attached hydrogens (tertiary/aromatic N) is 2. The molecule has 0 radical (unpaired) electrons. The number of nitrogens with one attached hydrogen (secondary N) is 1. The van der Waals surface area contributed by atoms with Crippen molar-refractivity contribution >= 4 is 16.6 Å². The Kier molecular flexibility index (Phi) is 4.42. The fraction of sp³-hybridized carbons (Fsp3) is 0.483. The largest absolute Gasteiger partial charge is 0.483 e. The lowest BCUT2D eigenvalue weighted by atomic mass is 9.44. The molecule has 3 aromatic rings. The van der Waals surface area contributed by atoms with Gasteiger partial charge in [0.25, 0.3) is 0 Å². The van der Waals surface area contributed by atoms with Gasteiger partial charge in [0.05, 0.1) is 16.6 Å². The highest BCUT2D eigenvalue weighted by atomic mass is 16.5. The van der Waals surface area contributed by atoms with Crippen molar-refractivity contribution in [3.05, 3.63) is 64.3 Å². The summed E-state index contributed by atoms with van der Waals surface area (Å²) in [5.74, 6) is 1.14. The summed E-state index contributed by atoms with van der Waals surface area (Å²) in [4.78, 5) is 7.89. The van der Waals surface area contributed by atoms with E-state index in [1.54, 1.807) is 0 Å².